The van der Waals surface area contributed by atoms with Gasteiger partial charge in [0.1, 0.15) is 0 Å². The Labute approximate surface area is 178 Å². The van der Waals surface area contributed by atoms with E-state index in [1.54, 1.807) is 25.1 Å². The highest BCUT2D eigenvalue weighted by molar-refractivity contribution is 5.91. The minimum Gasteiger partial charge on any atom is -0.479 e. The van der Waals surface area contributed by atoms with E-state index in [2.05, 4.69) is 17.2 Å². The van der Waals surface area contributed by atoms with E-state index in [4.69, 9.17) is 4.74 Å². The highest BCUT2D eigenvalue weighted by atomic mass is 16.5. The van der Waals surface area contributed by atoms with Gasteiger partial charge in [-0.15, -0.1) is 0 Å². The van der Waals surface area contributed by atoms with E-state index >= 15 is 0 Å². The maximum absolute atomic E-state index is 12.2. The van der Waals surface area contributed by atoms with E-state index in [0.29, 0.717) is 13.2 Å². The van der Waals surface area contributed by atoms with Gasteiger partial charge in [0.15, 0.2) is 6.10 Å². The van der Waals surface area contributed by atoms with Crippen molar-refractivity contribution in [3.05, 3.63) is 48.2 Å². The van der Waals surface area contributed by atoms with E-state index in [1.807, 2.05) is 36.4 Å². The summed E-state index contributed by atoms with van der Waals surface area (Å²) in [5.74, 6) is -0.977. The zero-order chi connectivity index (χ0) is 21.9. The van der Waals surface area contributed by atoms with E-state index in [1.165, 1.54) is 0 Å². The fourth-order valence-electron chi connectivity index (χ4n) is 3.01. The zero-order valence-electron chi connectivity index (χ0n) is 17.9. The van der Waals surface area contributed by atoms with Gasteiger partial charge in [-0.3, -0.25) is 9.88 Å². The van der Waals surface area contributed by atoms with Gasteiger partial charge in [0, 0.05) is 44.1 Å². The summed E-state index contributed by atoms with van der Waals surface area (Å²) in [6, 6.07) is 11.2. The van der Waals surface area contributed by atoms with E-state index in [-0.39, 0.29) is 12.5 Å². The molecule has 2 rings (SSSR count). The number of unbranched alkanes of at least 4 members (excludes halogenated alkanes) is 2. The minimum atomic E-state index is -0.977. The first-order valence-electron chi connectivity index (χ1n) is 10.4. The van der Waals surface area contributed by atoms with Crippen molar-refractivity contribution in [2.75, 3.05) is 25.1 Å². The lowest BCUT2D eigenvalue weighted by molar-refractivity contribution is -0.149. The number of benzene rings is 1. The molecule has 162 valence electrons. The Hall–Kier alpha value is -2.93. The minimum absolute atomic E-state index is 0.122. The number of carboxylic acids is 1. The second-order valence-corrected chi connectivity index (χ2v) is 7.08. The van der Waals surface area contributed by atoms with Gasteiger partial charge in [0.2, 0.25) is 0 Å². The zero-order valence-corrected chi connectivity index (χ0v) is 17.9. The molecule has 0 fully saturated rings. The summed E-state index contributed by atoms with van der Waals surface area (Å²) in [5, 5.41) is 12.1. The van der Waals surface area contributed by atoms with Crippen LogP contribution in [0.25, 0.3) is 11.3 Å². The van der Waals surface area contributed by atoms with Gasteiger partial charge in [-0.1, -0.05) is 38.0 Å². The second kappa shape index (κ2) is 11.9. The van der Waals surface area contributed by atoms with Crippen LogP contribution in [0.15, 0.2) is 42.6 Å². The molecular weight excluding hydrogens is 382 g/mol. The number of hydrogen-bond acceptors (Lipinski definition) is 4. The predicted molar refractivity (Wildman–Crippen MR) is 118 cm³/mol. The maximum atomic E-state index is 12.2. The lowest BCUT2D eigenvalue weighted by atomic mass is 10.1. The molecule has 0 aliphatic rings. The number of nitrogens with zero attached hydrogens (tertiary/aromatic N) is 2. The summed E-state index contributed by atoms with van der Waals surface area (Å²) < 4.78 is 5.25. The van der Waals surface area contributed by atoms with Gasteiger partial charge in [-0.05, 0) is 37.1 Å². The number of rotatable bonds is 11. The third-order valence-electron chi connectivity index (χ3n) is 4.80. The lowest BCUT2D eigenvalue weighted by Gasteiger charge is -2.18. The van der Waals surface area contributed by atoms with Gasteiger partial charge in [0.05, 0.1) is 5.69 Å². The van der Waals surface area contributed by atoms with Gasteiger partial charge in [-0.2, -0.15) is 0 Å². The van der Waals surface area contributed by atoms with Crippen LogP contribution in [-0.2, 0) is 16.0 Å². The third kappa shape index (κ3) is 6.84. The molecule has 1 heterocycles. The molecule has 0 saturated carbocycles. The molecule has 0 saturated heterocycles. The largest absolute Gasteiger partial charge is 0.479 e. The smallest absolute Gasteiger partial charge is 0.333 e. The van der Waals surface area contributed by atoms with Crippen molar-refractivity contribution in [3.63, 3.8) is 0 Å². The highest BCUT2D eigenvalue weighted by Gasteiger charge is 2.18. The summed E-state index contributed by atoms with van der Waals surface area (Å²) in [6.07, 6.45) is 4.28. The molecule has 7 heteroatoms. The maximum Gasteiger partial charge on any atom is 0.333 e. The summed E-state index contributed by atoms with van der Waals surface area (Å²) in [5.41, 5.74) is 3.29. The van der Waals surface area contributed by atoms with Crippen molar-refractivity contribution in [1.82, 2.24) is 10.3 Å². The molecular formula is C23H31N3O4. The average Bonchev–Trinajstić information content (AvgIpc) is 2.76. The third-order valence-corrected chi connectivity index (χ3v) is 4.80. The number of carbonyl (C=O) groups excluding carboxylic acids is 1. The number of nitrogens with one attached hydrogen (secondary N) is 1. The monoisotopic (exact) mass is 413 g/mol. The number of aliphatic carboxylic acids is 1. The second-order valence-electron chi connectivity index (χ2n) is 7.08. The first-order chi connectivity index (χ1) is 14.5. The van der Waals surface area contributed by atoms with Crippen LogP contribution in [-0.4, -0.2) is 48.4 Å². The number of carbonyl (C=O) groups is 2. The van der Waals surface area contributed by atoms with Crippen LogP contribution >= 0.6 is 0 Å². The number of anilines is 1. The average molecular weight is 414 g/mol. The molecule has 0 aliphatic heterocycles. The Morgan fingerprint density at radius 2 is 1.87 bits per heavy atom. The molecule has 1 atom stereocenters. The summed E-state index contributed by atoms with van der Waals surface area (Å²) >= 11 is 0. The SMILES string of the molecule is CCCCCNC(=O)N(C)c1ccc(-c2ccc(CC(OCC)C(=O)O)cn2)cc1. The fraction of sp³-hybridized carbons (Fsp3) is 0.435. The van der Waals surface area contributed by atoms with Crippen molar-refractivity contribution in [3.8, 4) is 11.3 Å². The van der Waals surface area contributed by atoms with Crippen LogP contribution in [0.2, 0.25) is 0 Å². The normalized spacial score (nSPS) is 11.7. The molecule has 0 aliphatic carbocycles. The Kier molecular flexibility index (Phi) is 9.28. The number of aromatic nitrogens is 1. The first-order valence-corrected chi connectivity index (χ1v) is 10.4. The molecule has 0 spiro atoms. The first kappa shape index (κ1) is 23.3. The van der Waals surface area contributed by atoms with E-state index in [9.17, 15) is 14.7 Å². The summed E-state index contributed by atoms with van der Waals surface area (Å²) in [4.78, 5) is 29.5. The summed E-state index contributed by atoms with van der Waals surface area (Å²) in [6.45, 7) is 4.93. The molecule has 1 aromatic carbocycles. The molecule has 0 bridgehead atoms. The number of hydrogen-bond donors (Lipinski definition) is 2. The van der Waals surface area contributed by atoms with Crippen molar-refractivity contribution >= 4 is 17.7 Å². The van der Waals surface area contributed by atoms with E-state index in [0.717, 1.165) is 41.8 Å². The number of urea groups is 1. The Morgan fingerprint density at radius 1 is 1.13 bits per heavy atom. The Balaban J connectivity index is 1.98. The molecule has 2 N–H and O–H groups in total. The standard InChI is InChI=1S/C23H31N3O4/c1-4-6-7-14-24-23(29)26(3)19-11-9-18(10-12-19)20-13-8-17(16-25-20)15-21(22(27)28)30-5-2/h8-13,16,21H,4-7,14-15H2,1-3H3,(H,24,29)(H,27,28). The molecule has 0 radical (unpaired) electrons. The fourth-order valence-corrected chi connectivity index (χ4v) is 3.01. The predicted octanol–water partition coefficient (Wildman–Crippen LogP) is 4.12. The highest BCUT2D eigenvalue weighted by Crippen LogP contribution is 2.22. The van der Waals surface area contributed by atoms with Gasteiger partial charge >= 0.3 is 12.0 Å². The van der Waals surface area contributed by atoms with Crippen LogP contribution in [0.3, 0.4) is 0 Å². The summed E-state index contributed by atoms with van der Waals surface area (Å²) in [7, 11) is 1.74. The van der Waals surface area contributed by atoms with Crippen LogP contribution < -0.4 is 10.2 Å². The van der Waals surface area contributed by atoms with Crippen molar-refractivity contribution in [2.45, 2.75) is 45.6 Å². The number of ether oxygens (including phenoxy) is 1. The molecule has 1 unspecified atom stereocenters. The van der Waals surface area contributed by atoms with Crippen molar-refractivity contribution in [2.24, 2.45) is 0 Å². The van der Waals surface area contributed by atoms with Gasteiger partial charge in [0.25, 0.3) is 0 Å². The van der Waals surface area contributed by atoms with Crippen molar-refractivity contribution in [1.29, 1.82) is 0 Å². The van der Waals surface area contributed by atoms with Crippen molar-refractivity contribution < 1.29 is 19.4 Å². The lowest BCUT2D eigenvalue weighted by Crippen LogP contribution is -2.37. The number of pyridine rings is 1. The van der Waals surface area contributed by atoms with Crippen LogP contribution in [0.1, 0.15) is 38.7 Å². The Morgan fingerprint density at radius 3 is 2.43 bits per heavy atom. The molecule has 2 amide bonds. The molecule has 2 aromatic rings. The van der Waals surface area contributed by atoms with Crippen LogP contribution in [0.4, 0.5) is 10.5 Å². The van der Waals surface area contributed by atoms with E-state index < -0.39 is 12.1 Å². The van der Waals surface area contributed by atoms with Crippen LogP contribution in [0, 0.1) is 0 Å². The Bertz CT molecular complexity index is 806. The van der Waals surface area contributed by atoms with Gasteiger partial charge < -0.3 is 15.2 Å². The molecule has 7 nitrogen and oxygen atoms in total. The van der Waals surface area contributed by atoms with Gasteiger partial charge in [-0.25, -0.2) is 9.59 Å². The topological polar surface area (TPSA) is 91.8 Å². The number of amides is 2. The molecule has 1 aromatic heterocycles. The quantitative estimate of drug-likeness (QED) is 0.541. The number of carboxylic acid groups (broad SMARTS) is 1. The van der Waals surface area contributed by atoms with Crippen LogP contribution in [0.5, 0.6) is 0 Å². The molecule has 30 heavy (non-hydrogen) atoms.